The Balaban J connectivity index is 0.00000144. The summed E-state index contributed by atoms with van der Waals surface area (Å²) in [4.78, 5) is 11.2. The van der Waals surface area contributed by atoms with Crippen LogP contribution in [0.3, 0.4) is 0 Å². The largest absolute Gasteiger partial charge is 1.00 e. The van der Waals surface area contributed by atoms with Crippen molar-refractivity contribution >= 4 is 5.91 Å². The molecule has 1 aliphatic rings. The highest BCUT2D eigenvalue weighted by Crippen LogP contribution is 2.36. The maximum Gasteiger partial charge on any atom is 0.278 e. The van der Waals surface area contributed by atoms with Crippen LogP contribution in [-0.2, 0) is 4.79 Å². The highest BCUT2D eigenvalue weighted by Gasteiger charge is 2.49. The van der Waals surface area contributed by atoms with Crippen molar-refractivity contribution in [3.8, 4) is 0 Å². The molecule has 0 aliphatic heterocycles. The van der Waals surface area contributed by atoms with E-state index in [4.69, 9.17) is 5.73 Å². The van der Waals surface area contributed by atoms with E-state index in [9.17, 15) is 4.79 Å². The first-order valence-corrected chi connectivity index (χ1v) is 4.63. The first kappa shape index (κ1) is 12.7. The molecule has 0 aromatic rings. The number of carbonyl (C=O) groups excluding carboxylic acids is 1. The Morgan fingerprint density at radius 3 is 2.46 bits per heavy atom. The Bertz CT molecular complexity index is 196. The molecule has 0 bridgehead atoms. The summed E-state index contributed by atoms with van der Waals surface area (Å²) >= 11 is 0. The van der Waals surface area contributed by atoms with Crippen LogP contribution >= 0.6 is 0 Å². The minimum absolute atomic E-state index is 0. The van der Waals surface area contributed by atoms with E-state index in [0.717, 1.165) is 19.3 Å². The Kier molecular flexibility index (Phi) is 4.20. The third-order valence-electron chi connectivity index (χ3n) is 3.14. The molecule has 0 radical (unpaired) electrons. The molecule has 3 nitrogen and oxygen atoms in total. The molecular weight excluding hydrogens is 188 g/mol. The van der Waals surface area contributed by atoms with E-state index in [1.165, 1.54) is 0 Å². The van der Waals surface area contributed by atoms with Gasteiger partial charge in [-0.2, -0.15) is 0 Å². The highest BCUT2D eigenvalue weighted by molar-refractivity contribution is 5.83. The van der Waals surface area contributed by atoms with E-state index >= 15 is 0 Å². The maximum absolute atomic E-state index is 11.2. The molecule has 1 amide bonds. The van der Waals surface area contributed by atoms with Gasteiger partial charge in [-0.25, -0.2) is 0 Å². The van der Waals surface area contributed by atoms with Gasteiger partial charge < -0.3 is 23.9 Å². The Hall–Kier alpha value is -0.280. The number of hydrogen-bond acceptors (Lipinski definition) is 1. The molecule has 1 rings (SSSR count). The van der Waals surface area contributed by atoms with Crippen LogP contribution in [0.15, 0.2) is 0 Å². The number of carbonyl (C=O) groups is 1. The van der Waals surface area contributed by atoms with Gasteiger partial charge in [0.15, 0.2) is 5.54 Å². The predicted molar refractivity (Wildman–Crippen MR) is 47.0 cm³/mol. The van der Waals surface area contributed by atoms with Crippen molar-refractivity contribution in [2.45, 2.75) is 38.6 Å². The van der Waals surface area contributed by atoms with Crippen LogP contribution in [-0.4, -0.2) is 11.4 Å². The molecule has 1 aliphatic carbocycles. The van der Waals surface area contributed by atoms with Gasteiger partial charge in [-0.05, 0) is 18.8 Å². The van der Waals surface area contributed by atoms with Gasteiger partial charge in [-0.3, -0.25) is 4.79 Å². The van der Waals surface area contributed by atoms with Crippen molar-refractivity contribution in [2.24, 2.45) is 17.6 Å². The van der Waals surface area contributed by atoms with E-state index in [2.05, 4.69) is 19.6 Å². The van der Waals surface area contributed by atoms with E-state index in [0.29, 0.717) is 11.8 Å². The smallest absolute Gasteiger partial charge is 0.278 e. The molecule has 2 atom stereocenters. The molecule has 5 N–H and O–H groups in total. The lowest BCUT2D eigenvalue weighted by molar-refractivity contribution is -0.469. The van der Waals surface area contributed by atoms with Crippen LogP contribution in [0.1, 0.15) is 33.1 Å². The molecule has 0 saturated heterocycles. The summed E-state index contributed by atoms with van der Waals surface area (Å²) < 4.78 is 0. The van der Waals surface area contributed by atoms with Crippen molar-refractivity contribution in [3.05, 3.63) is 0 Å². The van der Waals surface area contributed by atoms with Gasteiger partial charge >= 0.3 is 0 Å². The fraction of sp³-hybridized carbons (Fsp3) is 0.889. The lowest BCUT2D eigenvalue weighted by atomic mass is 9.80. The van der Waals surface area contributed by atoms with E-state index in [1.54, 1.807) is 0 Å². The first-order valence-electron chi connectivity index (χ1n) is 4.63. The van der Waals surface area contributed by atoms with Gasteiger partial charge in [-0.15, -0.1) is 0 Å². The summed E-state index contributed by atoms with van der Waals surface area (Å²) in [7, 11) is 0. The van der Waals surface area contributed by atoms with Gasteiger partial charge in [0.2, 0.25) is 0 Å². The molecular formula is C9H19ClN2O. The van der Waals surface area contributed by atoms with Crippen molar-refractivity contribution < 1.29 is 22.9 Å². The van der Waals surface area contributed by atoms with Gasteiger partial charge in [0.1, 0.15) is 0 Å². The van der Waals surface area contributed by atoms with E-state index < -0.39 is 5.54 Å². The van der Waals surface area contributed by atoms with Crippen molar-refractivity contribution in [1.82, 2.24) is 0 Å². The number of primary amides is 1. The van der Waals surface area contributed by atoms with E-state index in [-0.39, 0.29) is 18.3 Å². The summed E-state index contributed by atoms with van der Waals surface area (Å²) in [6.45, 7) is 4.28. The summed E-state index contributed by atoms with van der Waals surface area (Å²) in [6.07, 6.45) is 3.06. The average Bonchev–Trinajstić information content (AvgIpc) is 2.32. The first-order chi connectivity index (χ1) is 5.48. The van der Waals surface area contributed by atoms with Crippen LogP contribution in [0.5, 0.6) is 0 Å². The minimum atomic E-state index is -0.478. The summed E-state index contributed by atoms with van der Waals surface area (Å²) in [6, 6.07) is 0. The third kappa shape index (κ3) is 2.15. The van der Waals surface area contributed by atoms with Gasteiger partial charge in [0.05, 0.1) is 0 Å². The maximum atomic E-state index is 11.2. The molecule has 0 unspecified atom stereocenters. The normalized spacial score (nSPS) is 33.1. The van der Waals surface area contributed by atoms with Crippen LogP contribution in [0.2, 0.25) is 0 Å². The standard InChI is InChI=1S/C9H18N2O.ClH/c1-6(2)7-4-3-5-9(7,11)8(10)12;/h6-7H,3-5,11H2,1-2H3,(H2,10,12);1H/t7-,9+;/m1./s1. The number of amides is 1. The third-order valence-corrected chi connectivity index (χ3v) is 3.14. The number of quaternary nitrogens is 1. The fourth-order valence-corrected chi connectivity index (χ4v) is 2.38. The second-order valence-electron chi connectivity index (χ2n) is 4.26. The van der Waals surface area contributed by atoms with E-state index in [1.807, 2.05) is 0 Å². The quantitative estimate of drug-likeness (QED) is 0.494. The van der Waals surface area contributed by atoms with Crippen molar-refractivity contribution in [1.29, 1.82) is 0 Å². The zero-order chi connectivity index (χ0) is 9.35. The highest BCUT2D eigenvalue weighted by atomic mass is 35.5. The fourth-order valence-electron chi connectivity index (χ4n) is 2.38. The average molecular weight is 207 g/mol. The summed E-state index contributed by atoms with van der Waals surface area (Å²) in [5.74, 6) is 0.672. The van der Waals surface area contributed by atoms with Gasteiger partial charge in [-0.1, -0.05) is 13.8 Å². The van der Waals surface area contributed by atoms with Crippen molar-refractivity contribution in [2.75, 3.05) is 0 Å². The molecule has 0 spiro atoms. The molecule has 4 heteroatoms. The molecule has 1 saturated carbocycles. The van der Waals surface area contributed by atoms with Gasteiger partial charge in [0.25, 0.3) is 5.91 Å². The Morgan fingerprint density at radius 1 is 1.62 bits per heavy atom. The Labute approximate surface area is 85.6 Å². The molecule has 13 heavy (non-hydrogen) atoms. The van der Waals surface area contributed by atoms with Crippen LogP contribution in [0, 0.1) is 11.8 Å². The molecule has 1 fully saturated rings. The van der Waals surface area contributed by atoms with Crippen LogP contribution < -0.4 is 23.9 Å². The lowest BCUT2D eigenvalue weighted by Crippen LogP contribution is -3.00. The predicted octanol–water partition coefficient (Wildman–Crippen LogP) is -3.09. The zero-order valence-corrected chi connectivity index (χ0v) is 9.10. The lowest BCUT2D eigenvalue weighted by Gasteiger charge is -2.27. The molecule has 78 valence electrons. The van der Waals surface area contributed by atoms with Gasteiger partial charge in [0, 0.05) is 12.3 Å². The zero-order valence-electron chi connectivity index (χ0n) is 8.35. The molecule has 0 heterocycles. The number of nitrogens with two attached hydrogens (primary N) is 1. The second-order valence-corrected chi connectivity index (χ2v) is 4.26. The number of rotatable bonds is 2. The van der Waals surface area contributed by atoms with Crippen LogP contribution in [0.25, 0.3) is 0 Å². The number of hydrogen-bond donors (Lipinski definition) is 2. The minimum Gasteiger partial charge on any atom is -1.00 e. The second kappa shape index (κ2) is 4.29. The Morgan fingerprint density at radius 2 is 2.15 bits per heavy atom. The van der Waals surface area contributed by atoms with Crippen LogP contribution in [0.4, 0.5) is 0 Å². The van der Waals surface area contributed by atoms with Crippen molar-refractivity contribution in [3.63, 3.8) is 0 Å². The number of halogens is 1. The molecule has 0 aromatic heterocycles. The summed E-state index contributed by atoms with van der Waals surface area (Å²) in [5.41, 5.74) is 8.88. The monoisotopic (exact) mass is 206 g/mol. The topological polar surface area (TPSA) is 70.7 Å². The molecule has 0 aromatic carbocycles. The summed E-state index contributed by atoms with van der Waals surface area (Å²) in [5, 5.41) is 0. The SMILES string of the molecule is CC(C)[C@H]1CCC[C@@]1([NH3+])C(N)=O.[Cl-].